The Morgan fingerprint density at radius 1 is 1.48 bits per heavy atom. The molecule has 0 spiro atoms. The van der Waals surface area contributed by atoms with Crippen LogP contribution in [-0.2, 0) is 16.6 Å². The average Bonchev–Trinajstić information content (AvgIpc) is 2.85. The topological polar surface area (TPSA) is 90.0 Å². The SMILES string of the molecule is Cc1cc(N)cc(S(=O)(=O)NC(C)Cn2cccn2)c1F. The molecule has 0 radical (unpaired) electrons. The van der Waals surface area contributed by atoms with E-state index in [1.54, 1.807) is 30.1 Å². The lowest BCUT2D eigenvalue weighted by molar-refractivity contribution is 0.490. The third kappa shape index (κ3) is 3.59. The zero-order valence-electron chi connectivity index (χ0n) is 11.7. The number of halogens is 1. The summed E-state index contributed by atoms with van der Waals surface area (Å²) in [5, 5.41) is 3.99. The second kappa shape index (κ2) is 5.82. The average molecular weight is 312 g/mol. The molecule has 21 heavy (non-hydrogen) atoms. The van der Waals surface area contributed by atoms with Crippen molar-refractivity contribution >= 4 is 15.7 Å². The van der Waals surface area contributed by atoms with Crippen LogP contribution in [0.2, 0.25) is 0 Å². The number of nitrogens with zero attached hydrogens (tertiary/aromatic N) is 2. The first-order valence-corrected chi connectivity index (χ1v) is 7.83. The quantitative estimate of drug-likeness (QED) is 0.814. The molecule has 1 atom stereocenters. The van der Waals surface area contributed by atoms with Crippen molar-refractivity contribution in [2.75, 3.05) is 5.73 Å². The summed E-state index contributed by atoms with van der Waals surface area (Å²) in [4.78, 5) is -0.438. The van der Waals surface area contributed by atoms with E-state index in [0.29, 0.717) is 6.54 Å². The van der Waals surface area contributed by atoms with Crippen LogP contribution < -0.4 is 10.5 Å². The van der Waals surface area contributed by atoms with E-state index in [9.17, 15) is 12.8 Å². The molecule has 0 aliphatic heterocycles. The van der Waals surface area contributed by atoms with Gasteiger partial charge in [0.1, 0.15) is 10.7 Å². The van der Waals surface area contributed by atoms with Crippen molar-refractivity contribution in [3.05, 3.63) is 42.0 Å². The smallest absolute Gasteiger partial charge is 0.243 e. The van der Waals surface area contributed by atoms with Crippen LogP contribution in [0.15, 0.2) is 35.5 Å². The summed E-state index contributed by atoms with van der Waals surface area (Å²) < 4.78 is 42.5. The summed E-state index contributed by atoms with van der Waals surface area (Å²) in [6.45, 7) is 3.49. The van der Waals surface area contributed by atoms with Gasteiger partial charge in [-0.05, 0) is 37.6 Å². The Morgan fingerprint density at radius 2 is 2.19 bits per heavy atom. The minimum absolute atomic E-state index is 0.190. The van der Waals surface area contributed by atoms with Crippen LogP contribution in [-0.4, -0.2) is 24.2 Å². The van der Waals surface area contributed by atoms with E-state index >= 15 is 0 Å². The van der Waals surface area contributed by atoms with Crippen LogP contribution in [0.5, 0.6) is 0 Å². The predicted molar refractivity (Wildman–Crippen MR) is 77.6 cm³/mol. The first-order valence-electron chi connectivity index (χ1n) is 6.35. The molecule has 0 saturated heterocycles. The molecule has 2 rings (SSSR count). The van der Waals surface area contributed by atoms with E-state index < -0.39 is 26.8 Å². The lowest BCUT2D eigenvalue weighted by Gasteiger charge is -2.15. The number of anilines is 1. The number of aryl methyl sites for hydroxylation is 1. The number of benzene rings is 1. The van der Waals surface area contributed by atoms with Gasteiger partial charge in [0.05, 0.1) is 6.54 Å². The van der Waals surface area contributed by atoms with Gasteiger partial charge in [0.25, 0.3) is 0 Å². The van der Waals surface area contributed by atoms with E-state index in [0.717, 1.165) is 6.07 Å². The molecule has 0 amide bonds. The van der Waals surface area contributed by atoms with Gasteiger partial charge >= 0.3 is 0 Å². The Morgan fingerprint density at radius 3 is 2.81 bits per heavy atom. The lowest BCUT2D eigenvalue weighted by atomic mass is 10.2. The second-order valence-electron chi connectivity index (χ2n) is 4.90. The van der Waals surface area contributed by atoms with Crippen LogP contribution in [0, 0.1) is 12.7 Å². The molecular formula is C13H17FN4O2S. The molecule has 1 aromatic carbocycles. The van der Waals surface area contributed by atoms with Crippen molar-refractivity contribution < 1.29 is 12.8 Å². The van der Waals surface area contributed by atoms with Gasteiger partial charge in [-0.25, -0.2) is 17.5 Å². The Kier molecular flexibility index (Phi) is 4.29. The van der Waals surface area contributed by atoms with Crippen molar-refractivity contribution in [3.63, 3.8) is 0 Å². The number of sulfonamides is 1. The largest absolute Gasteiger partial charge is 0.399 e. The standard InChI is InChI=1S/C13H17FN4O2S/c1-9-6-11(15)7-12(13(9)14)21(19,20)17-10(2)8-18-5-3-4-16-18/h3-7,10,17H,8,15H2,1-2H3. The van der Waals surface area contributed by atoms with Crippen molar-refractivity contribution in [1.82, 2.24) is 14.5 Å². The van der Waals surface area contributed by atoms with Crippen LogP contribution in [0.3, 0.4) is 0 Å². The van der Waals surface area contributed by atoms with E-state index in [4.69, 9.17) is 5.73 Å². The Hall–Kier alpha value is -1.93. The van der Waals surface area contributed by atoms with E-state index in [1.165, 1.54) is 13.0 Å². The molecule has 1 unspecified atom stereocenters. The molecule has 0 aliphatic rings. The van der Waals surface area contributed by atoms with Crippen molar-refractivity contribution in [1.29, 1.82) is 0 Å². The fourth-order valence-corrected chi connectivity index (χ4v) is 3.43. The fraction of sp³-hybridized carbons (Fsp3) is 0.308. The maximum atomic E-state index is 14.0. The number of rotatable bonds is 5. The predicted octanol–water partition coefficient (Wildman–Crippen LogP) is 1.28. The van der Waals surface area contributed by atoms with Crippen molar-refractivity contribution in [2.45, 2.75) is 31.3 Å². The number of nitrogens with two attached hydrogens (primary N) is 1. The van der Waals surface area contributed by atoms with Gasteiger partial charge in [-0.3, -0.25) is 4.68 Å². The summed E-state index contributed by atoms with van der Waals surface area (Å²) in [5.74, 6) is -0.789. The lowest BCUT2D eigenvalue weighted by Crippen LogP contribution is -2.36. The normalized spacial score (nSPS) is 13.3. The minimum Gasteiger partial charge on any atom is -0.399 e. The van der Waals surface area contributed by atoms with Gasteiger partial charge in [0.15, 0.2) is 0 Å². The second-order valence-corrected chi connectivity index (χ2v) is 6.58. The summed E-state index contributed by atoms with van der Waals surface area (Å²) in [5.41, 5.74) is 5.99. The number of hydrogen-bond acceptors (Lipinski definition) is 4. The molecule has 114 valence electrons. The number of nitrogens with one attached hydrogen (secondary N) is 1. The highest BCUT2D eigenvalue weighted by molar-refractivity contribution is 7.89. The molecule has 6 nitrogen and oxygen atoms in total. The van der Waals surface area contributed by atoms with Crippen molar-refractivity contribution in [3.8, 4) is 0 Å². The molecule has 8 heteroatoms. The Balaban J connectivity index is 2.22. The molecular weight excluding hydrogens is 295 g/mol. The minimum atomic E-state index is -3.98. The molecule has 2 aromatic rings. The van der Waals surface area contributed by atoms with Crippen LogP contribution in [0.1, 0.15) is 12.5 Å². The molecule has 1 aromatic heterocycles. The maximum Gasteiger partial charge on any atom is 0.243 e. The Bertz CT molecular complexity index is 729. The first kappa shape index (κ1) is 15.5. The van der Waals surface area contributed by atoms with Crippen molar-refractivity contribution in [2.24, 2.45) is 0 Å². The van der Waals surface area contributed by atoms with Gasteiger partial charge in [0, 0.05) is 24.1 Å². The third-order valence-electron chi connectivity index (χ3n) is 2.91. The zero-order chi connectivity index (χ0) is 15.6. The summed E-state index contributed by atoms with van der Waals surface area (Å²) >= 11 is 0. The highest BCUT2D eigenvalue weighted by Gasteiger charge is 2.23. The zero-order valence-corrected chi connectivity index (χ0v) is 12.6. The van der Waals surface area contributed by atoms with Gasteiger partial charge in [-0.1, -0.05) is 0 Å². The monoisotopic (exact) mass is 312 g/mol. The van der Waals surface area contributed by atoms with E-state index in [1.807, 2.05) is 0 Å². The molecule has 3 N–H and O–H groups in total. The first-order chi connectivity index (χ1) is 9.79. The number of nitrogen functional groups attached to an aromatic ring is 1. The van der Waals surface area contributed by atoms with Crippen LogP contribution in [0.25, 0.3) is 0 Å². The molecule has 0 bridgehead atoms. The van der Waals surface area contributed by atoms with Gasteiger partial charge in [-0.15, -0.1) is 0 Å². The van der Waals surface area contributed by atoms with Gasteiger partial charge in [0.2, 0.25) is 10.0 Å². The third-order valence-corrected chi connectivity index (χ3v) is 4.50. The van der Waals surface area contributed by atoms with E-state index in [-0.39, 0.29) is 11.3 Å². The number of hydrogen-bond donors (Lipinski definition) is 2. The highest BCUT2D eigenvalue weighted by Crippen LogP contribution is 2.21. The maximum absolute atomic E-state index is 14.0. The summed E-state index contributed by atoms with van der Waals surface area (Å²) in [7, 11) is -3.98. The van der Waals surface area contributed by atoms with Gasteiger partial charge < -0.3 is 5.73 Å². The summed E-state index contributed by atoms with van der Waals surface area (Å²) in [6.07, 6.45) is 3.32. The van der Waals surface area contributed by atoms with Gasteiger partial charge in [-0.2, -0.15) is 5.10 Å². The molecule has 1 heterocycles. The molecule has 0 aliphatic carbocycles. The highest BCUT2D eigenvalue weighted by atomic mass is 32.2. The Labute approximate surface area is 122 Å². The summed E-state index contributed by atoms with van der Waals surface area (Å²) in [6, 6.07) is 3.80. The van der Waals surface area contributed by atoms with Crippen LogP contribution >= 0.6 is 0 Å². The van der Waals surface area contributed by atoms with E-state index in [2.05, 4.69) is 9.82 Å². The van der Waals surface area contributed by atoms with Crippen LogP contribution in [0.4, 0.5) is 10.1 Å². The molecule has 0 saturated carbocycles. The fourth-order valence-electron chi connectivity index (χ4n) is 2.01. The molecule has 0 fully saturated rings. The number of aromatic nitrogens is 2.